The highest BCUT2D eigenvalue weighted by Gasteiger charge is 2.36. The topological polar surface area (TPSA) is 88.0 Å². The molecule has 8 heteroatoms. The second-order valence-corrected chi connectivity index (χ2v) is 9.01. The summed E-state index contributed by atoms with van der Waals surface area (Å²) in [7, 11) is -1.11. The molecule has 0 aliphatic rings. The SMILES string of the molecule is C=C[P+](O)(NC)OCC(C)(C)COCC(C)(C)CC(=O)O.CC.S. The summed E-state index contributed by atoms with van der Waals surface area (Å²) >= 11 is 0. The average Bonchev–Trinajstić information content (AvgIpc) is 2.45. The van der Waals surface area contributed by atoms with Crippen LogP contribution in [0.15, 0.2) is 12.4 Å². The molecule has 6 nitrogen and oxygen atoms in total. The summed E-state index contributed by atoms with van der Waals surface area (Å²) in [6, 6.07) is 0. The molecule has 0 aliphatic carbocycles. The smallest absolute Gasteiger partial charge is 0.370 e. The molecule has 0 saturated carbocycles. The zero-order valence-electron chi connectivity index (χ0n) is 16.2. The standard InChI is InChI=1S/C14H28NO5P.C2H6.H2S/c1-7-21(18,15-6)20-11-14(4,5)10-19-9-13(2,3)8-12(16)17;1-2;/h7,15,18H,1,8-11H2,2-6H3;1-2H3;1H2/p+1. The monoisotopic (exact) mass is 386 g/mol. The molecule has 3 N–H and O–H groups in total. The van der Waals surface area contributed by atoms with Gasteiger partial charge in [0, 0.05) is 12.5 Å². The number of aliphatic carboxylic acids is 1. The van der Waals surface area contributed by atoms with Crippen molar-refractivity contribution in [2.75, 3.05) is 26.9 Å². The van der Waals surface area contributed by atoms with Crippen molar-refractivity contribution in [2.45, 2.75) is 48.0 Å². The molecule has 0 spiro atoms. The number of carboxylic acids is 1. The van der Waals surface area contributed by atoms with Gasteiger partial charge in [-0.05, 0) is 5.41 Å². The minimum atomic E-state index is -2.73. The lowest BCUT2D eigenvalue weighted by atomic mass is 9.90. The van der Waals surface area contributed by atoms with Crippen LogP contribution < -0.4 is 5.09 Å². The molecular weight excluding hydrogens is 349 g/mol. The van der Waals surface area contributed by atoms with Gasteiger partial charge in [-0.2, -0.15) is 22.9 Å². The van der Waals surface area contributed by atoms with Gasteiger partial charge in [0.05, 0.1) is 19.6 Å². The molecule has 0 aromatic rings. The normalized spacial score (nSPS) is 13.8. The first-order valence-corrected chi connectivity index (χ1v) is 9.56. The van der Waals surface area contributed by atoms with Gasteiger partial charge in [-0.3, -0.25) is 4.79 Å². The van der Waals surface area contributed by atoms with Crippen molar-refractivity contribution in [1.82, 2.24) is 5.09 Å². The van der Waals surface area contributed by atoms with Gasteiger partial charge in [0.25, 0.3) is 0 Å². The maximum absolute atomic E-state index is 10.7. The number of rotatable bonds is 11. The van der Waals surface area contributed by atoms with Crippen LogP contribution in [0.25, 0.3) is 0 Å². The molecular formula is C16H37NO5PS+. The minimum absolute atomic E-state index is 0. The fraction of sp³-hybridized carbons (Fsp3) is 0.812. The van der Waals surface area contributed by atoms with Crippen LogP contribution in [0.3, 0.4) is 0 Å². The Morgan fingerprint density at radius 1 is 1.17 bits per heavy atom. The zero-order valence-corrected chi connectivity index (χ0v) is 18.1. The predicted molar refractivity (Wildman–Crippen MR) is 107 cm³/mol. The molecule has 146 valence electrons. The van der Waals surface area contributed by atoms with E-state index in [0.717, 1.165) is 0 Å². The molecule has 0 aromatic carbocycles. The number of nitrogens with one attached hydrogen (secondary N) is 1. The summed E-state index contributed by atoms with van der Waals surface area (Å²) < 4.78 is 11.1. The van der Waals surface area contributed by atoms with E-state index in [9.17, 15) is 9.69 Å². The van der Waals surface area contributed by atoms with E-state index in [1.165, 1.54) is 5.82 Å². The number of hydrogen-bond acceptors (Lipinski definition) is 5. The number of ether oxygens (including phenoxy) is 1. The minimum Gasteiger partial charge on any atom is -0.481 e. The first kappa shape index (κ1) is 28.6. The van der Waals surface area contributed by atoms with E-state index < -0.39 is 19.3 Å². The Morgan fingerprint density at radius 2 is 1.62 bits per heavy atom. The summed E-state index contributed by atoms with van der Waals surface area (Å²) in [5, 5.41) is 11.5. The maximum atomic E-state index is 10.7. The van der Waals surface area contributed by atoms with Gasteiger partial charge in [-0.1, -0.05) is 48.1 Å². The Bertz CT molecular complexity index is 366. The molecule has 0 fully saturated rings. The molecule has 0 heterocycles. The highest BCUT2D eigenvalue weighted by molar-refractivity contribution is 7.66. The lowest BCUT2D eigenvalue weighted by molar-refractivity contribution is -0.140. The van der Waals surface area contributed by atoms with Crippen molar-refractivity contribution in [3.63, 3.8) is 0 Å². The fourth-order valence-electron chi connectivity index (χ4n) is 1.59. The largest absolute Gasteiger partial charge is 0.481 e. The molecule has 0 aliphatic heterocycles. The van der Waals surface area contributed by atoms with Crippen LogP contribution in [0.4, 0.5) is 0 Å². The molecule has 1 atom stereocenters. The third kappa shape index (κ3) is 14.2. The van der Waals surface area contributed by atoms with Gasteiger partial charge in [-0.25, -0.2) is 0 Å². The molecule has 24 heavy (non-hydrogen) atoms. The van der Waals surface area contributed by atoms with Gasteiger partial charge >= 0.3 is 13.8 Å². The summed E-state index contributed by atoms with van der Waals surface area (Å²) in [5.74, 6) is 0.556. The van der Waals surface area contributed by atoms with Crippen molar-refractivity contribution in [1.29, 1.82) is 0 Å². The van der Waals surface area contributed by atoms with E-state index in [1.807, 2.05) is 41.5 Å². The van der Waals surface area contributed by atoms with Crippen molar-refractivity contribution in [3.8, 4) is 0 Å². The summed E-state index contributed by atoms with van der Waals surface area (Å²) in [6.07, 6.45) is 0.0609. The van der Waals surface area contributed by atoms with Gasteiger partial charge in [-0.15, -0.1) is 5.09 Å². The fourth-order valence-corrected chi connectivity index (χ4v) is 2.55. The second kappa shape index (κ2) is 13.1. The first-order valence-electron chi connectivity index (χ1n) is 7.83. The van der Waals surface area contributed by atoms with Crippen molar-refractivity contribution < 1.29 is 24.1 Å². The highest BCUT2D eigenvalue weighted by atomic mass is 32.1. The number of hydrogen-bond donors (Lipinski definition) is 3. The van der Waals surface area contributed by atoms with E-state index in [0.29, 0.717) is 19.8 Å². The quantitative estimate of drug-likeness (QED) is 0.468. The Labute approximate surface area is 155 Å². The van der Waals surface area contributed by atoms with Crippen LogP contribution in [0.2, 0.25) is 0 Å². The van der Waals surface area contributed by atoms with Crippen LogP contribution in [0.1, 0.15) is 48.0 Å². The number of carboxylic acid groups (broad SMARTS) is 1. The average molecular weight is 387 g/mol. The Balaban J connectivity index is -0.00000141. The summed E-state index contributed by atoms with van der Waals surface area (Å²) in [5.41, 5.74) is -0.713. The Hall–Kier alpha value is -0.170. The van der Waals surface area contributed by atoms with Crippen LogP contribution in [0.5, 0.6) is 0 Å². The van der Waals surface area contributed by atoms with E-state index in [1.54, 1.807) is 7.05 Å². The molecule has 1 unspecified atom stereocenters. The molecule has 0 amide bonds. The van der Waals surface area contributed by atoms with Crippen LogP contribution in [-0.4, -0.2) is 42.8 Å². The molecule has 0 saturated heterocycles. The Kier molecular flexibility index (Phi) is 15.6. The van der Waals surface area contributed by atoms with Crippen LogP contribution in [-0.2, 0) is 14.1 Å². The second-order valence-electron chi connectivity index (χ2n) is 6.69. The summed E-state index contributed by atoms with van der Waals surface area (Å²) in [6.45, 7) is 16.3. The lowest BCUT2D eigenvalue weighted by Crippen LogP contribution is -2.30. The number of carbonyl (C=O) groups is 1. The van der Waals surface area contributed by atoms with Crippen molar-refractivity contribution >= 4 is 27.3 Å². The van der Waals surface area contributed by atoms with E-state index in [-0.39, 0.29) is 25.3 Å². The third-order valence-electron chi connectivity index (χ3n) is 2.84. The van der Waals surface area contributed by atoms with Crippen LogP contribution in [0, 0.1) is 10.8 Å². The zero-order chi connectivity index (χ0) is 18.7. The van der Waals surface area contributed by atoms with E-state index in [4.69, 9.17) is 14.4 Å². The van der Waals surface area contributed by atoms with E-state index in [2.05, 4.69) is 11.7 Å². The summed E-state index contributed by atoms with van der Waals surface area (Å²) in [4.78, 5) is 20.7. The Morgan fingerprint density at radius 3 is 2.00 bits per heavy atom. The molecule has 0 rings (SSSR count). The predicted octanol–water partition coefficient (Wildman–Crippen LogP) is 3.80. The van der Waals surface area contributed by atoms with Crippen LogP contribution >= 0.6 is 21.4 Å². The molecule has 0 aromatic heterocycles. The van der Waals surface area contributed by atoms with Crippen molar-refractivity contribution in [3.05, 3.63) is 12.4 Å². The van der Waals surface area contributed by atoms with E-state index >= 15 is 0 Å². The van der Waals surface area contributed by atoms with Gasteiger partial charge in [0.15, 0.2) is 0 Å². The van der Waals surface area contributed by atoms with Gasteiger partial charge < -0.3 is 9.84 Å². The van der Waals surface area contributed by atoms with Gasteiger partial charge in [0.1, 0.15) is 12.4 Å². The first-order chi connectivity index (χ1) is 10.5. The maximum Gasteiger partial charge on any atom is 0.370 e. The van der Waals surface area contributed by atoms with Gasteiger partial charge in [0.2, 0.25) is 0 Å². The third-order valence-corrected chi connectivity index (χ3v) is 4.49. The molecule has 0 bridgehead atoms. The van der Waals surface area contributed by atoms with Crippen molar-refractivity contribution in [2.24, 2.45) is 10.8 Å². The molecule has 0 radical (unpaired) electrons. The lowest BCUT2D eigenvalue weighted by Gasteiger charge is -2.28. The highest BCUT2D eigenvalue weighted by Crippen LogP contribution is 2.52.